The molecule has 0 fully saturated rings. The zero-order valence-corrected chi connectivity index (χ0v) is 15.0. The van der Waals surface area contributed by atoms with Gasteiger partial charge in [0, 0.05) is 12.0 Å². The standard InChI is InChI=1S/C20H18F3NO4/c1-3-17(25)24-15-10-11-27-18-14(15)8-9-16(19(18)26-2)28-13-6-4-12(5-7-13)20(21,22)23/h3-9,15H,1,10-11H2,2H3,(H,24,25). The van der Waals surface area contributed by atoms with Gasteiger partial charge in [0.1, 0.15) is 5.75 Å². The highest BCUT2D eigenvalue weighted by atomic mass is 19.4. The average Bonchev–Trinajstić information content (AvgIpc) is 2.67. The highest BCUT2D eigenvalue weighted by molar-refractivity contribution is 5.87. The number of ether oxygens (including phenoxy) is 3. The summed E-state index contributed by atoms with van der Waals surface area (Å²) in [5.74, 6) is 0.930. The van der Waals surface area contributed by atoms with Crippen LogP contribution in [0, 0.1) is 0 Å². The fraction of sp³-hybridized carbons (Fsp3) is 0.250. The van der Waals surface area contributed by atoms with Gasteiger partial charge in [-0.2, -0.15) is 13.2 Å². The number of carbonyl (C=O) groups excluding carboxylic acids is 1. The van der Waals surface area contributed by atoms with Crippen LogP contribution in [0.25, 0.3) is 0 Å². The second-order valence-electron chi connectivity index (χ2n) is 6.04. The summed E-state index contributed by atoms with van der Waals surface area (Å²) < 4.78 is 54.9. The fourth-order valence-corrected chi connectivity index (χ4v) is 2.91. The van der Waals surface area contributed by atoms with Crippen molar-refractivity contribution in [3.05, 3.63) is 60.2 Å². The Morgan fingerprint density at radius 2 is 1.96 bits per heavy atom. The van der Waals surface area contributed by atoms with Gasteiger partial charge in [-0.1, -0.05) is 6.58 Å². The summed E-state index contributed by atoms with van der Waals surface area (Å²) in [5.41, 5.74) is -0.0422. The van der Waals surface area contributed by atoms with Gasteiger partial charge in [-0.3, -0.25) is 4.79 Å². The number of rotatable bonds is 5. The second kappa shape index (κ2) is 7.84. The molecule has 0 radical (unpaired) electrons. The van der Waals surface area contributed by atoms with Crippen molar-refractivity contribution in [2.75, 3.05) is 13.7 Å². The summed E-state index contributed by atoms with van der Waals surface area (Å²) in [5, 5.41) is 2.83. The van der Waals surface area contributed by atoms with Gasteiger partial charge in [-0.15, -0.1) is 0 Å². The molecule has 8 heteroatoms. The van der Waals surface area contributed by atoms with Crippen LogP contribution in [0.1, 0.15) is 23.6 Å². The third kappa shape index (κ3) is 4.05. The summed E-state index contributed by atoms with van der Waals surface area (Å²) in [7, 11) is 1.44. The van der Waals surface area contributed by atoms with Crippen molar-refractivity contribution in [3.8, 4) is 23.0 Å². The first-order valence-corrected chi connectivity index (χ1v) is 8.45. The molecule has 0 saturated carbocycles. The second-order valence-corrected chi connectivity index (χ2v) is 6.04. The van der Waals surface area contributed by atoms with E-state index in [0.29, 0.717) is 24.5 Å². The summed E-state index contributed by atoms with van der Waals surface area (Å²) in [4.78, 5) is 11.6. The van der Waals surface area contributed by atoms with Crippen molar-refractivity contribution >= 4 is 5.91 Å². The number of hydrogen-bond acceptors (Lipinski definition) is 4. The SMILES string of the molecule is C=CC(=O)NC1CCOc2c1ccc(Oc1ccc(C(F)(F)F)cc1)c2OC. The lowest BCUT2D eigenvalue weighted by Gasteiger charge is -2.28. The van der Waals surface area contributed by atoms with Gasteiger partial charge in [0.15, 0.2) is 11.5 Å². The Morgan fingerprint density at radius 3 is 2.57 bits per heavy atom. The van der Waals surface area contributed by atoms with Crippen LogP contribution in [-0.2, 0) is 11.0 Å². The molecule has 3 rings (SSSR count). The monoisotopic (exact) mass is 393 g/mol. The lowest BCUT2D eigenvalue weighted by molar-refractivity contribution is -0.137. The Kier molecular flexibility index (Phi) is 5.48. The molecule has 5 nitrogen and oxygen atoms in total. The molecule has 1 atom stereocenters. The first-order chi connectivity index (χ1) is 13.3. The summed E-state index contributed by atoms with van der Waals surface area (Å²) in [6, 6.07) is 7.42. The van der Waals surface area contributed by atoms with E-state index in [-0.39, 0.29) is 23.4 Å². The Morgan fingerprint density at radius 1 is 1.25 bits per heavy atom. The van der Waals surface area contributed by atoms with E-state index in [1.807, 2.05) is 0 Å². The lowest BCUT2D eigenvalue weighted by Crippen LogP contribution is -2.31. The van der Waals surface area contributed by atoms with Gasteiger partial charge in [-0.25, -0.2) is 0 Å². The minimum absolute atomic E-state index is 0.221. The number of halogens is 3. The van der Waals surface area contributed by atoms with E-state index in [4.69, 9.17) is 14.2 Å². The van der Waals surface area contributed by atoms with Gasteiger partial charge in [0.2, 0.25) is 11.7 Å². The fourth-order valence-electron chi connectivity index (χ4n) is 2.91. The Hall–Kier alpha value is -3.16. The van der Waals surface area contributed by atoms with Crippen molar-refractivity contribution in [2.45, 2.75) is 18.6 Å². The molecule has 1 heterocycles. The van der Waals surface area contributed by atoms with Crippen molar-refractivity contribution < 1.29 is 32.2 Å². The zero-order valence-electron chi connectivity index (χ0n) is 15.0. The van der Waals surface area contributed by atoms with Gasteiger partial charge in [-0.05, 0) is 42.5 Å². The van der Waals surface area contributed by atoms with Gasteiger partial charge < -0.3 is 19.5 Å². The highest BCUT2D eigenvalue weighted by Gasteiger charge is 2.30. The number of methoxy groups -OCH3 is 1. The predicted octanol–water partition coefficient (Wildman–Crippen LogP) is 4.63. The van der Waals surface area contributed by atoms with E-state index in [2.05, 4.69) is 11.9 Å². The van der Waals surface area contributed by atoms with Crippen LogP contribution in [0.4, 0.5) is 13.2 Å². The average molecular weight is 393 g/mol. The van der Waals surface area contributed by atoms with Crippen LogP contribution in [0.5, 0.6) is 23.0 Å². The van der Waals surface area contributed by atoms with Crippen LogP contribution < -0.4 is 19.5 Å². The molecule has 2 aromatic rings. The minimum Gasteiger partial charge on any atom is -0.490 e. The number of amides is 1. The third-order valence-corrected chi connectivity index (χ3v) is 4.25. The quantitative estimate of drug-likeness (QED) is 0.753. The predicted molar refractivity (Wildman–Crippen MR) is 95.7 cm³/mol. The third-order valence-electron chi connectivity index (χ3n) is 4.25. The molecule has 1 unspecified atom stereocenters. The number of nitrogens with one attached hydrogen (secondary N) is 1. The Labute approximate surface area is 159 Å². The van der Waals surface area contributed by atoms with Crippen LogP contribution >= 0.6 is 0 Å². The number of alkyl halides is 3. The Balaban J connectivity index is 1.89. The van der Waals surface area contributed by atoms with E-state index in [9.17, 15) is 18.0 Å². The zero-order chi connectivity index (χ0) is 20.3. The molecule has 1 N–H and O–H groups in total. The summed E-state index contributed by atoms with van der Waals surface area (Å²) >= 11 is 0. The van der Waals surface area contributed by atoms with Crippen molar-refractivity contribution in [1.29, 1.82) is 0 Å². The first-order valence-electron chi connectivity index (χ1n) is 8.45. The Bertz CT molecular complexity index is 878. The maximum atomic E-state index is 12.7. The first kappa shape index (κ1) is 19.6. The normalized spacial score (nSPS) is 15.8. The van der Waals surface area contributed by atoms with E-state index >= 15 is 0 Å². The molecule has 28 heavy (non-hydrogen) atoms. The van der Waals surface area contributed by atoms with E-state index in [0.717, 1.165) is 17.7 Å². The number of benzene rings is 2. The maximum absolute atomic E-state index is 12.7. The molecule has 1 aliphatic heterocycles. The van der Waals surface area contributed by atoms with Gasteiger partial charge in [0.25, 0.3) is 0 Å². The molecule has 0 spiro atoms. The van der Waals surface area contributed by atoms with E-state index < -0.39 is 11.7 Å². The highest BCUT2D eigenvalue weighted by Crippen LogP contribution is 2.46. The van der Waals surface area contributed by atoms with E-state index in [1.165, 1.54) is 25.3 Å². The van der Waals surface area contributed by atoms with Crippen LogP contribution in [-0.4, -0.2) is 19.6 Å². The molecule has 148 valence electrons. The topological polar surface area (TPSA) is 56.8 Å². The number of fused-ring (bicyclic) bond motifs is 1. The number of carbonyl (C=O) groups is 1. The summed E-state index contributed by atoms with van der Waals surface area (Å²) in [6.45, 7) is 3.80. The largest absolute Gasteiger partial charge is 0.490 e. The molecule has 0 aliphatic carbocycles. The molecular weight excluding hydrogens is 375 g/mol. The molecule has 0 bridgehead atoms. The van der Waals surface area contributed by atoms with Gasteiger partial charge in [0.05, 0.1) is 25.3 Å². The van der Waals surface area contributed by atoms with E-state index in [1.54, 1.807) is 12.1 Å². The summed E-state index contributed by atoms with van der Waals surface area (Å²) in [6.07, 6.45) is -2.65. The molecule has 1 amide bonds. The van der Waals surface area contributed by atoms with Crippen molar-refractivity contribution in [3.63, 3.8) is 0 Å². The minimum atomic E-state index is -4.42. The molecule has 1 aliphatic rings. The smallest absolute Gasteiger partial charge is 0.416 e. The molecule has 0 aromatic heterocycles. The lowest BCUT2D eigenvalue weighted by atomic mass is 9.99. The van der Waals surface area contributed by atoms with Crippen molar-refractivity contribution in [1.82, 2.24) is 5.32 Å². The molecular formula is C20H18F3NO4. The molecule has 2 aromatic carbocycles. The van der Waals surface area contributed by atoms with Crippen molar-refractivity contribution in [2.24, 2.45) is 0 Å². The van der Waals surface area contributed by atoms with Crippen LogP contribution in [0.2, 0.25) is 0 Å². The van der Waals surface area contributed by atoms with Crippen LogP contribution in [0.15, 0.2) is 49.1 Å². The maximum Gasteiger partial charge on any atom is 0.416 e. The van der Waals surface area contributed by atoms with Gasteiger partial charge >= 0.3 is 6.18 Å². The number of hydrogen-bond donors (Lipinski definition) is 1. The molecule has 0 saturated heterocycles. The van der Waals surface area contributed by atoms with Crippen LogP contribution in [0.3, 0.4) is 0 Å².